The number of methoxy groups -OCH3 is 2. The average molecular weight is 548 g/mol. The fraction of sp³-hybridized carbons (Fsp3) is 0.350. The summed E-state index contributed by atoms with van der Waals surface area (Å²) in [4.78, 5) is 4.47. The number of halogens is 1. The molecule has 8 nitrogen and oxygen atoms in total. The number of guanidine groups is 1. The third-order valence-corrected chi connectivity index (χ3v) is 6.26. The van der Waals surface area contributed by atoms with Gasteiger partial charge in [0, 0.05) is 45.9 Å². The van der Waals surface area contributed by atoms with Crippen molar-refractivity contribution in [2.75, 3.05) is 35.4 Å². The molecule has 0 saturated heterocycles. The number of ether oxygens (including phenoxy) is 2. The molecule has 0 aromatic heterocycles. The number of hydrogen-bond acceptors (Lipinski definition) is 5. The molecule has 0 unspecified atom stereocenters. The number of aliphatic imine (C=N–C) groups is 1. The van der Waals surface area contributed by atoms with Gasteiger partial charge in [-0.2, -0.15) is 0 Å². The molecule has 0 heterocycles. The highest BCUT2D eigenvalue weighted by Crippen LogP contribution is 2.24. The van der Waals surface area contributed by atoms with Gasteiger partial charge < -0.3 is 20.1 Å². The van der Waals surface area contributed by atoms with E-state index in [1.54, 1.807) is 39.5 Å². The van der Waals surface area contributed by atoms with E-state index in [2.05, 4.69) is 15.6 Å². The van der Waals surface area contributed by atoms with Crippen molar-refractivity contribution in [2.45, 2.75) is 18.0 Å². The molecule has 0 aliphatic carbocycles. The summed E-state index contributed by atoms with van der Waals surface area (Å²) in [5.41, 5.74) is 1.60. The van der Waals surface area contributed by atoms with Crippen LogP contribution in [0.3, 0.4) is 0 Å². The van der Waals surface area contributed by atoms with Crippen LogP contribution >= 0.6 is 24.0 Å². The highest BCUT2D eigenvalue weighted by Gasteiger charge is 2.20. The molecule has 0 spiro atoms. The van der Waals surface area contributed by atoms with Gasteiger partial charge in [-0.15, -0.1) is 24.0 Å². The molecule has 0 atom stereocenters. The second-order valence-electron chi connectivity index (χ2n) is 6.35. The highest BCUT2D eigenvalue weighted by molar-refractivity contribution is 14.0. The highest BCUT2D eigenvalue weighted by atomic mass is 127. The molecule has 2 N–H and O–H groups in total. The summed E-state index contributed by atoms with van der Waals surface area (Å²) in [6.45, 7) is 0.785. The van der Waals surface area contributed by atoms with Crippen LogP contribution in [0.2, 0.25) is 0 Å². The Balaban J connectivity index is 0.00000450. The first-order valence-electron chi connectivity index (χ1n) is 8.99. The van der Waals surface area contributed by atoms with Gasteiger partial charge in [-0.3, -0.25) is 4.99 Å². The van der Waals surface area contributed by atoms with Crippen molar-refractivity contribution in [3.8, 4) is 11.5 Å². The normalized spacial score (nSPS) is 11.6. The maximum absolute atomic E-state index is 12.5. The second-order valence-corrected chi connectivity index (χ2v) is 8.47. The van der Waals surface area contributed by atoms with E-state index in [9.17, 15) is 8.42 Å². The van der Waals surface area contributed by atoms with E-state index in [0.717, 1.165) is 5.56 Å². The Bertz CT molecular complexity index is 965. The predicted octanol–water partition coefficient (Wildman–Crippen LogP) is 2.44. The van der Waals surface area contributed by atoms with Crippen LogP contribution in [-0.2, 0) is 23.1 Å². The fourth-order valence-electron chi connectivity index (χ4n) is 2.67. The van der Waals surface area contributed by atoms with Crippen molar-refractivity contribution in [2.24, 2.45) is 4.99 Å². The third-order valence-electron chi connectivity index (χ3n) is 4.34. The summed E-state index contributed by atoms with van der Waals surface area (Å²) in [6, 6.07) is 12.5. The Hall–Kier alpha value is -2.05. The molecule has 2 aromatic carbocycles. The molecule has 0 amide bonds. The van der Waals surface area contributed by atoms with Crippen LogP contribution < -0.4 is 20.1 Å². The van der Waals surface area contributed by atoms with Crippen LogP contribution in [0.25, 0.3) is 0 Å². The molecular formula is C20H29IN4O4S. The van der Waals surface area contributed by atoms with Gasteiger partial charge in [0.15, 0.2) is 5.96 Å². The lowest BCUT2D eigenvalue weighted by molar-refractivity contribution is 0.390. The van der Waals surface area contributed by atoms with Crippen LogP contribution in [-0.4, -0.2) is 54.0 Å². The van der Waals surface area contributed by atoms with Gasteiger partial charge in [0.1, 0.15) is 11.5 Å². The Morgan fingerprint density at radius 3 is 2.20 bits per heavy atom. The van der Waals surface area contributed by atoms with Crippen LogP contribution in [0.4, 0.5) is 0 Å². The van der Waals surface area contributed by atoms with Crippen molar-refractivity contribution in [1.29, 1.82) is 0 Å². The van der Waals surface area contributed by atoms with Gasteiger partial charge in [-0.05, 0) is 23.8 Å². The van der Waals surface area contributed by atoms with E-state index in [1.165, 1.54) is 18.4 Å². The maximum atomic E-state index is 12.5. The van der Waals surface area contributed by atoms with Crippen LogP contribution in [0.15, 0.2) is 52.4 Å². The van der Waals surface area contributed by atoms with Crippen molar-refractivity contribution in [3.05, 3.63) is 53.6 Å². The van der Waals surface area contributed by atoms with Crippen molar-refractivity contribution in [3.63, 3.8) is 0 Å². The molecule has 30 heavy (non-hydrogen) atoms. The molecule has 0 aliphatic heterocycles. The van der Waals surface area contributed by atoms with Crippen LogP contribution in [0.1, 0.15) is 11.1 Å². The number of nitrogens with zero attached hydrogens (tertiary/aromatic N) is 2. The Morgan fingerprint density at radius 1 is 1.00 bits per heavy atom. The zero-order valence-corrected chi connectivity index (χ0v) is 20.9. The molecule has 2 rings (SSSR count). The monoisotopic (exact) mass is 548 g/mol. The Morgan fingerprint density at radius 2 is 1.63 bits per heavy atom. The molecule has 0 radical (unpaired) electrons. The number of sulfonamides is 1. The first-order valence-corrected chi connectivity index (χ1v) is 10.4. The number of nitrogens with one attached hydrogen (secondary N) is 2. The van der Waals surface area contributed by atoms with E-state index < -0.39 is 10.0 Å². The molecule has 0 bridgehead atoms. The van der Waals surface area contributed by atoms with Crippen molar-refractivity contribution < 1.29 is 17.9 Å². The lowest BCUT2D eigenvalue weighted by Crippen LogP contribution is -2.37. The minimum absolute atomic E-state index is 0. The lowest BCUT2D eigenvalue weighted by atomic mass is 10.2. The molecular weight excluding hydrogens is 519 g/mol. The van der Waals surface area contributed by atoms with Crippen LogP contribution in [0.5, 0.6) is 11.5 Å². The SMILES string of the molecule is CN=C(NCc1ccc(OC)cc1OC)NCc1ccccc1S(=O)(=O)N(C)C.I. The van der Waals surface area contributed by atoms with E-state index in [0.29, 0.717) is 36.1 Å². The molecule has 0 aliphatic rings. The molecule has 0 fully saturated rings. The third kappa shape index (κ3) is 6.47. The largest absolute Gasteiger partial charge is 0.497 e. The van der Waals surface area contributed by atoms with Gasteiger partial charge >= 0.3 is 0 Å². The van der Waals surface area contributed by atoms with Gasteiger partial charge in [0.05, 0.1) is 19.1 Å². The van der Waals surface area contributed by atoms with Gasteiger partial charge in [-0.1, -0.05) is 18.2 Å². The standard InChI is InChI=1S/C20H28N4O4S.HI/c1-21-20(22-13-15-10-11-17(27-4)12-18(15)28-5)23-14-16-8-6-7-9-19(16)29(25,26)24(2)3;/h6-12H,13-14H2,1-5H3,(H2,21,22,23);1H. The Kier molecular flexibility index (Phi) is 10.4. The van der Waals surface area contributed by atoms with E-state index >= 15 is 0 Å². The average Bonchev–Trinajstić information content (AvgIpc) is 2.73. The van der Waals surface area contributed by atoms with Gasteiger partial charge in [0.2, 0.25) is 10.0 Å². The van der Waals surface area contributed by atoms with E-state index in [-0.39, 0.29) is 28.9 Å². The number of rotatable bonds is 8. The van der Waals surface area contributed by atoms with Gasteiger partial charge in [0.25, 0.3) is 0 Å². The van der Waals surface area contributed by atoms with E-state index in [1.807, 2.05) is 24.3 Å². The summed E-state index contributed by atoms with van der Waals surface area (Å²) in [7, 11) is 4.37. The van der Waals surface area contributed by atoms with Crippen molar-refractivity contribution >= 4 is 40.0 Å². The van der Waals surface area contributed by atoms with Gasteiger partial charge in [-0.25, -0.2) is 12.7 Å². The molecule has 10 heteroatoms. The number of hydrogen-bond donors (Lipinski definition) is 2. The summed E-state index contributed by atoms with van der Waals surface area (Å²) in [6.07, 6.45) is 0. The zero-order valence-electron chi connectivity index (χ0n) is 17.8. The minimum atomic E-state index is -3.53. The number of benzene rings is 2. The molecule has 2 aromatic rings. The minimum Gasteiger partial charge on any atom is -0.497 e. The second kappa shape index (κ2) is 12.0. The summed E-state index contributed by atoms with van der Waals surface area (Å²) >= 11 is 0. The summed E-state index contributed by atoms with van der Waals surface area (Å²) in [5, 5.41) is 6.37. The van der Waals surface area contributed by atoms with Crippen molar-refractivity contribution in [1.82, 2.24) is 14.9 Å². The maximum Gasteiger partial charge on any atom is 0.242 e. The summed E-state index contributed by atoms with van der Waals surface area (Å²) in [5.74, 6) is 1.96. The Labute approximate surface area is 195 Å². The topological polar surface area (TPSA) is 92.3 Å². The predicted molar refractivity (Wildman–Crippen MR) is 129 cm³/mol. The lowest BCUT2D eigenvalue weighted by Gasteiger charge is -2.17. The first-order chi connectivity index (χ1) is 13.8. The molecule has 0 saturated carbocycles. The quantitative estimate of drug-likeness (QED) is 0.299. The van der Waals surface area contributed by atoms with Crippen LogP contribution in [0, 0.1) is 0 Å². The summed E-state index contributed by atoms with van der Waals surface area (Å²) < 4.78 is 36.9. The smallest absolute Gasteiger partial charge is 0.242 e. The van der Waals surface area contributed by atoms with E-state index in [4.69, 9.17) is 9.47 Å². The fourth-order valence-corrected chi connectivity index (χ4v) is 3.79. The first kappa shape index (κ1) is 26.0. The zero-order chi connectivity index (χ0) is 21.4. The molecule has 166 valence electrons.